The lowest BCUT2D eigenvalue weighted by Crippen LogP contribution is -2.06. The Labute approximate surface area is 201 Å². The van der Waals surface area contributed by atoms with Gasteiger partial charge in [-0.05, 0) is 60.2 Å². The zero-order valence-corrected chi connectivity index (χ0v) is 19.7. The van der Waals surface area contributed by atoms with Crippen LogP contribution >= 0.6 is 31.9 Å². The van der Waals surface area contributed by atoms with Crippen LogP contribution in [-0.2, 0) is 14.3 Å². The van der Waals surface area contributed by atoms with Gasteiger partial charge < -0.3 is 9.47 Å². The molecule has 1 heterocycles. The maximum Gasteiger partial charge on any atom is 0.363 e. The van der Waals surface area contributed by atoms with Crippen molar-refractivity contribution in [2.45, 2.75) is 0 Å². The number of rotatable bonds is 5. The molecule has 0 radical (unpaired) electrons. The van der Waals surface area contributed by atoms with Crippen molar-refractivity contribution in [1.82, 2.24) is 0 Å². The second-order valence-electron chi connectivity index (χ2n) is 6.69. The van der Waals surface area contributed by atoms with Gasteiger partial charge in [-0.2, -0.15) is 0 Å². The van der Waals surface area contributed by atoms with E-state index in [9.17, 15) is 9.59 Å². The predicted molar refractivity (Wildman–Crippen MR) is 130 cm³/mol. The van der Waals surface area contributed by atoms with Crippen molar-refractivity contribution in [2.75, 3.05) is 0 Å². The van der Waals surface area contributed by atoms with E-state index in [0.29, 0.717) is 16.9 Å². The Morgan fingerprint density at radius 3 is 2.41 bits per heavy atom. The van der Waals surface area contributed by atoms with Crippen molar-refractivity contribution in [3.05, 3.63) is 110 Å². The summed E-state index contributed by atoms with van der Waals surface area (Å²) in [5.41, 5.74) is 2.18. The standard InChI is InChI=1S/C25H15Br2NO4/c26-19-9-7-17(8-10-19)24-28-21(25(30)32-24)15-18-14-20(27)11-12-22(18)31-23(29)13-6-16-4-2-1-3-5-16/h1-15H/b13-6+,21-15+. The number of hydrogen-bond donors (Lipinski definition) is 0. The summed E-state index contributed by atoms with van der Waals surface area (Å²) in [4.78, 5) is 29.0. The summed E-state index contributed by atoms with van der Waals surface area (Å²) in [7, 11) is 0. The summed E-state index contributed by atoms with van der Waals surface area (Å²) in [6.07, 6.45) is 4.55. The number of cyclic esters (lactones) is 1. The molecule has 32 heavy (non-hydrogen) atoms. The van der Waals surface area contributed by atoms with Crippen LogP contribution in [0.3, 0.4) is 0 Å². The molecular weight excluding hydrogens is 538 g/mol. The van der Waals surface area contributed by atoms with E-state index in [-0.39, 0.29) is 11.6 Å². The highest BCUT2D eigenvalue weighted by Gasteiger charge is 2.24. The Hall–Kier alpha value is -3.29. The number of nitrogens with zero attached hydrogens (tertiary/aromatic N) is 1. The number of ether oxygens (including phenoxy) is 2. The Morgan fingerprint density at radius 1 is 0.938 bits per heavy atom. The maximum absolute atomic E-state index is 12.4. The van der Waals surface area contributed by atoms with Crippen LogP contribution in [0.5, 0.6) is 5.75 Å². The van der Waals surface area contributed by atoms with Crippen LogP contribution in [-0.4, -0.2) is 17.8 Å². The molecule has 0 aliphatic carbocycles. The molecule has 1 aliphatic heterocycles. The predicted octanol–water partition coefficient (Wildman–Crippen LogP) is 6.17. The van der Waals surface area contributed by atoms with Crippen LogP contribution in [0, 0.1) is 0 Å². The SMILES string of the molecule is O=C(/C=C/c1ccccc1)Oc1ccc(Br)cc1/C=C1/N=C(c2ccc(Br)cc2)OC1=O. The van der Waals surface area contributed by atoms with Crippen molar-refractivity contribution in [1.29, 1.82) is 0 Å². The largest absolute Gasteiger partial charge is 0.423 e. The van der Waals surface area contributed by atoms with Crippen molar-refractivity contribution in [3.8, 4) is 5.75 Å². The molecule has 7 heteroatoms. The highest BCUT2D eigenvalue weighted by atomic mass is 79.9. The van der Waals surface area contributed by atoms with E-state index in [1.165, 1.54) is 12.2 Å². The van der Waals surface area contributed by atoms with Gasteiger partial charge in [0.05, 0.1) is 0 Å². The molecular formula is C25H15Br2NO4. The average molecular weight is 553 g/mol. The zero-order chi connectivity index (χ0) is 22.5. The highest BCUT2D eigenvalue weighted by molar-refractivity contribution is 9.10. The Kier molecular flexibility index (Phi) is 6.78. The first-order valence-corrected chi connectivity index (χ1v) is 11.1. The van der Waals surface area contributed by atoms with Gasteiger partial charge in [0.1, 0.15) is 5.75 Å². The summed E-state index contributed by atoms with van der Waals surface area (Å²) < 4.78 is 12.5. The van der Waals surface area contributed by atoms with Crippen LogP contribution in [0.1, 0.15) is 16.7 Å². The number of aliphatic imine (C=N–C) groups is 1. The van der Waals surface area contributed by atoms with Crippen LogP contribution in [0.4, 0.5) is 0 Å². The number of benzene rings is 3. The summed E-state index contributed by atoms with van der Waals surface area (Å²) in [5, 5.41) is 0. The monoisotopic (exact) mass is 551 g/mol. The lowest BCUT2D eigenvalue weighted by molar-refractivity contribution is -0.130. The molecule has 0 amide bonds. The third-order valence-electron chi connectivity index (χ3n) is 4.40. The first-order valence-electron chi connectivity index (χ1n) is 9.51. The van der Waals surface area contributed by atoms with Gasteiger partial charge in [0.15, 0.2) is 5.70 Å². The van der Waals surface area contributed by atoms with E-state index in [2.05, 4.69) is 36.9 Å². The fraction of sp³-hybridized carbons (Fsp3) is 0. The Bertz CT molecular complexity index is 1260. The number of esters is 2. The molecule has 1 aliphatic rings. The molecule has 0 aromatic heterocycles. The van der Waals surface area contributed by atoms with Gasteiger partial charge in [0, 0.05) is 26.1 Å². The van der Waals surface area contributed by atoms with Gasteiger partial charge in [-0.3, -0.25) is 0 Å². The Morgan fingerprint density at radius 2 is 1.66 bits per heavy atom. The number of carbonyl (C=O) groups is 2. The van der Waals surface area contributed by atoms with E-state index in [1.54, 1.807) is 36.4 Å². The molecule has 158 valence electrons. The van der Waals surface area contributed by atoms with E-state index >= 15 is 0 Å². The number of hydrogen-bond acceptors (Lipinski definition) is 5. The minimum Gasteiger partial charge on any atom is -0.423 e. The molecule has 3 aromatic rings. The smallest absolute Gasteiger partial charge is 0.363 e. The minimum absolute atomic E-state index is 0.109. The Balaban J connectivity index is 1.58. The summed E-state index contributed by atoms with van der Waals surface area (Å²) in [5.74, 6) is -0.607. The molecule has 0 fully saturated rings. The van der Waals surface area contributed by atoms with Crippen LogP contribution in [0.15, 0.2) is 98.5 Å². The van der Waals surface area contributed by atoms with E-state index in [1.807, 2.05) is 42.5 Å². The molecule has 0 saturated carbocycles. The van der Waals surface area contributed by atoms with E-state index in [0.717, 1.165) is 14.5 Å². The van der Waals surface area contributed by atoms with Crippen molar-refractivity contribution in [3.63, 3.8) is 0 Å². The molecule has 0 atom stereocenters. The number of carbonyl (C=O) groups excluding carboxylic acids is 2. The normalized spacial score (nSPS) is 14.5. The third kappa shape index (κ3) is 5.49. The second kappa shape index (κ2) is 9.89. The highest BCUT2D eigenvalue weighted by Crippen LogP contribution is 2.28. The number of halogens is 2. The zero-order valence-electron chi connectivity index (χ0n) is 16.5. The molecule has 0 N–H and O–H groups in total. The van der Waals surface area contributed by atoms with Crippen molar-refractivity contribution in [2.24, 2.45) is 4.99 Å². The summed E-state index contributed by atoms with van der Waals surface area (Å²) >= 11 is 6.77. The van der Waals surface area contributed by atoms with Gasteiger partial charge in [-0.25, -0.2) is 14.6 Å². The molecule has 0 unspecified atom stereocenters. The minimum atomic E-state index is -0.579. The van der Waals surface area contributed by atoms with Crippen LogP contribution in [0.25, 0.3) is 12.2 Å². The van der Waals surface area contributed by atoms with Gasteiger partial charge in [0.25, 0.3) is 0 Å². The van der Waals surface area contributed by atoms with Gasteiger partial charge in [-0.1, -0.05) is 62.2 Å². The molecule has 5 nitrogen and oxygen atoms in total. The lowest BCUT2D eigenvalue weighted by Gasteiger charge is -2.06. The van der Waals surface area contributed by atoms with Crippen LogP contribution in [0.2, 0.25) is 0 Å². The molecule has 0 saturated heterocycles. The fourth-order valence-electron chi connectivity index (χ4n) is 2.87. The topological polar surface area (TPSA) is 65.0 Å². The summed E-state index contributed by atoms with van der Waals surface area (Å²) in [6, 6.07) is 21.8. The lowest BCUT2D eigenvalue weighted by atomic mass is 10.1. The van der Waals surface area contributed by atoms with Crippen molar-refractivity contribution < 1.29 is 19.1 Å². The molecule has 0 bridgehead atoms. The van der Waals surface area contributed by atoms with Gasteiger partial charge >= 0.3 is 11.9 Å². The molecule has 3 aromatic carbocycles. The van der Waals surface area contributed by atoms with E-state index in [4.69, 9.17) is 9.47 Å². The van der Waals surface area contributed by atoms with Gasteiger partial charge in [-0.15, -0.1) is 0 Å². The first-order chi connectivity index (χ1) is 15.5. The maximum atomic E-state index is 12.4. The third-order valence-corrected chi connectivity index (χ3v) is 5.42. The van der Waals surface area contributed by atoms with Crippen molar-refractivity contribution >= 4 is 61.8 Å². The first kappa shape index (κ1) is 21.9. The fourth-order valence-corrected chi connectivity index (χ4v) is 3.51. The van der Waals surface area contributed by atoms with Crippen LogP contribution < -0.4 is 4.74 Å². The van der Waals surface area contributed by atoms with Gasteiger partial charge in [0.2, 0.25) is 5.90 Å². The molecule has 4 rings (SSSR count). The van der Waals surface area contributed by atoms with E-state index < -0.39 is 11.9 Å². The quantitative estimate of drug-likeness (QED) is 0.215. The molecule has 0 spiro atoms. The average Bonchev–Trinajstić information content (AvgIpc) is 3.15. The summed E-state index contributed by atoms with van der Waals surface area (Å²) in [6.45, 7) is 0. The second-order valence-corrected chi connectivity index (χ2v) is 8.52.